The van der Waals surface area contributed by atoms with Crippen LogP contribution in [-0.4, -0.2) is 43.1 Å². The van der Waals surface area contributed by atoms with Crippen LogP contribution in [-0.2, 0) is 4.79 Å². The van der Waals surface area contributed by atoms with E-state index in [0.29, 0.717) is 42.0 Å². The fourth-order valence-corrected chi connectivity index (χ4v) is 3.19. The van der Waals surface area contributed by atoms with Crippen molar-refractivity contribution in [2.45, 2.75) is 12.8 Å². The molecular formula is C21H23ClFN3O3. The molecule has 3 amide bonds. The number of hydrogen-bond donors (Lipinski definition) is 2. The quantitative estimate of drug-likeness (QED) is 0.745. The molecule has 0 aliphatic carbocycles. The first-order valence-corrected chi connectivity index (χ1v) is 9.84. The number of carbonyl (C=O) groups excluding carboxylic acids is 2. The molecule has 0 atom stereocenters. The summed E-state index contributed by atoms with van der Waals surface area (Å²) in [5.41, 5.74) is 0.562. The minimum absolute atomic E-state index is 0.0550. The third kappa shape index (κ3) is 6.64. The van der Waals surface area contributed by atoms with Crippen molar-refractivity contribution >= 4 is 29.2 Å². The van der Waals surface area contributed by atoms with E-state index in [4.69, 9.17) is 16.3 Å². The number of ether oxygens (including phenoxy) is 1. The molecule has 1 aliphatic heterocycles. The zero-order valence-electron chi connectivity index (χ0n) is 15.9. The summed E-state index contributed by atoms with van der Waals surface area (Å²) in [6, 6.07) is 12.3. The summed E-state index contributed by atoms with van der Waals surface area (Å²) in [4.78, 5) is 26.0. The van der Waals surface area contributed by atoms with E-state index in [-0.39, 0.29) is 24.4 Å². The highest BCUT2D eigenvalue weighted by Crippen LogP contribution is 2.18. The van der Waals surface area contributed by atoms with Crippen molar-refractivity contribution in [1.82, 2.24) is 10.2 Å². The molecule has 2 N–H and O–H groups in total. The van der Waals surface area contributed by atoms with Gasteiger partial charge in [0.1, 0.15) is 11.6 Å². The van der Waals surface area contributed by atoms with Gasteiger partial charge in [0.2, 0.25) is 0 Å². The molecule has 2 aromatic rings. The summed E-state index contributed by atoms with van der Waals surface area (Å²) in [6.45, 7) is 1.71. The van der Waals surface area contributed by atoms with Gasteiger partial charge < -0.3 is 20.3 Å². The zero-order valence-corrected chi connectivity index (χ0v) is 16.6. The minimum Gasteiger partial charge on any atom is -0.484 e. The SMILES string of the molecule is O=C(COc1ccc(Cl)cc1)NCC1CCN(C(=O)Nc2ccc(F)cc2)CC1. The number of nitrogens with zero attached hydrogens (tertiary/aromatic N) is 1. The smallest absolute Gasteiger partial charge is 0.321 e. The molecular weight excluding hydrogens is 397 g/mol. The first-order chi connectivity index (χ1) is 14.0. The summed E-state index contributed by atoms with van der Waals surface area (Å²) in [6.07, 6.45) is 1.60. The topological polar surface area (TPSA) is 70.7 Å². The third-order valence-corrected chi connectivity index (χ3v) is 5.02. The molecule has 0 unspecified atom stereocenters. The van der Waals surface area contributed by atoms with Crippen molar-refractivity contribution in [1.29, 1.82) is 0 Å². The number of carbonyl (C=O) groups is 2. The lowest BCUT2D eigenvalue weighted by atomic mass is 9.97. The second-order valence-corrected chi connectivity index (χ2v) is 7.35. The Bertz CT molecular complexity index is 822. The minimum atomic E-state index is -0.343. The van der Waals surface area contributed by atoms with Crippen LogP contribution in [0.3, 0.4) is 0 Å². The van der Waals surface area contributed by atoms with Gasteiger partial charge >= 0.3 is 6.03 Å². The Balaban J connectivity index is 1.33. The molecule has 29 heavy (non-hydrogen) atoms. The monoisotopic (exact) mass is 419 g/mol. The number of nitrogens with one attached hydrogen (secondary N) is 2. The van der Waals surface area contributed by atoms with E-state index in [2.05, 4.69) is 10.6 Å². The summed E-state index contributed by atoms with van der Waals surface area (Å²) < 4.78 is 18.4. The van der Waals surface area contributed by atoms with Crippen molar-refractivity contribution in [3.8, 4) is 5.75 Å². The number of benzene rings is 2. The van der Waals surface area contributed by atoms with Crippen molar-refractivity contribution < 1.29 is 18.7 Å². The molecule has 3 rings (SSSR count). The van der Waals surface area contributed by atoms with Gasteiger partial charge in [-0.05, 0) is 67.3 Å². The highest BCUT2D eigenvalue weighted by Gasteiger charge is 2.23. The number of anilines is 1. The lowest BCUT2D eigenvalue weighted by molar-refractivity contribution is -0.123. The Morgan fingerprint density at radius 2 is 1.72 bits per heavy atom. The predicted molar refractivity (Wildman–Crippen MR) is 110 cm³/mol. The molecule has 1 heterocycles. The Kier molecular flexibility index (Phi) is 7.30. The van der Waals surface area contributed by atoms with Crippen molar-refractivity contribution in [3.05, 3.63) is 59.4 Å². The Morgan fingerprint density at radius 1 is 1.07 bits per heavy atom. The van der Waals surface area contributed by atoms with Crippen molar-refractivity contribution in [2.24, 2.45) is 5.92 Å². The maximum absolute atomic E-state index is 12.9. The molecule has 0 bridgehead atoms. The van der Waals surface area contributed by atoms with Gasteiger partial charge in [-0.1, -0.05) is 11.6 Å². The maximum atomic E-state index is 12.9. The largest absolute Gasteiger partial charge is 0.484 e. The van der Waals surface area contributed by atoms with Gasteiger partial charge in [-0.3, -0.25) is 4.79 Å². The first kappa shape index (κ1) is 20.9. The molecule has 0 aromatic heterocycles. The van der Waals surface area contributed by atoms with E-state index in [1.54, 1.807) is 29.2 Å². The number of rotatable bonds is 6. The van der Waals surface area contributed by atoms with E-state index in [1.807, 2.05) is 0 Å². The Labute approximate surface area is 174 Å². The lowest BCUT2D eigenvalue weighted by Gasteiger charge is -2.32. The van der Waals surface area contributed by atoms with Crippen LogP contribution in [0.5, 0.6) is 5.75 Å². The molecule has 1 aliphatic rings. The summed E-state index contributed by atoms with van der Waals surface area (Å²) in [7, 11) is 0. The number of likely N-dealkylation sites (tertiary alicyclic amines) is 1. The number of amides is 3. The second kappa shape index (κ2) is 10.1. The number of urea groups is 1. The zero-order chi connectivity index (χ0) is 20.6. The Hall–Kier alpha value is -2.80. The molecule has 0 saturated carbocycles. The lowest BCUT2D eigenvalue weighted by Crippen LogP contribution is -2.43. The van der Waals surface area contributed by atoms with E-state index in [9.17, 15) is 14.0 Å². The predicted octanol–water partition coefficient (Wildman–Crippen LogP) is 3.92. The van der Waals surface area contributed by atoms with E-state index >= 15 is 0 Å². The number of hydrogen-bond acceptors (Lipinski definition) is 3. The van der Waals surface area contributed by atoms with Gasteiger partial charge in [0.15, 0.2) is 6.61 Å². The van der Waals surface area contributed by atoms with Crippen LogP contribution in [0.1, 0.15) is 12.8 Å². The number of halogens is 2. The van der Waals surface area contributed by atoms with Gasteiger partial charge in [0.25, 0.3) is 5.91 Å². The van der Waals surface area contributed by atoms with Crippen LogP contribution in [0, 0.1) is 11.7 Å². The normalized spacial score (nSPS) is 14.3. The standard InChI is InChI=1S/C21H23ClFN3O3/c22-16-1-7-19(8-2-16)29-14-20(27)24-13-15-9-11-26(12-10-15)21(28)25-18-5-3-17(23)4-6-18/h1-8,15H,9-14H2,(H,24,27)(H,25,28). The van der Waals surface area contributed by atoms with Gasteiger partial charge in [-0.2, -0.15) is 0 Å². The van der Waals surface area contributed by atoms with Crippen LogP contribution in [0.25, 0.3) is 0 Å². The second-order valence-electron chi connectivity index (χ2n) is 6.91. The van der Waals surface area contributed by atoms with E-state index in [0.717, 1.165) is 12.8 Å². The molecule has 6 nitrogen and oxygen atoms in total. The molecule has 1 fully saturated rings. The maximum Gasteiger partial charge on any atom is 0.321 e. The highest BCUT2D eigenvalue weighted by atomic mass is 35.5. The molecule has 0 spiro atoms. The van der Waals surface area contributed by atoms with Crippen molar-refractivity contribution in [2.75, 3.05) is 31.6 Å². The van der Waals surface area contributed by atoms with Crippen LogP contribution in [0.15, 0.2) is 48.5 Å². The molecule has 8 heteroatoms. The number of piperidine rings is 1. The van der Waals surface area contributed by atoms with Gasteiger partial charge in [-0.25, -0.2) is 9.18 Å². The third-order valence-electron chi connectivity index (χ3n) is 4.77. The van der Waals surface area contributed by atoms with Crippen LogP contribution in [0.2, 0.25) is 5.02 Å². The van der Waals surface area contributed by atoms with Crippen LogP contribution < -0.4 is 15.4 Å². The van der Waals surface area contributed by atoms with Crippen LogP contribution in [0.4, 0.5) is 14.9 Å². The van der Waals surface area contributed by atoms with E-state index in [1.165, 1.54) is 24.3 Å². The summed E-state index contributed by atoms with van der Waals surface area (Å²) in [5.74, 6) is 0.371. The highest BCUT2D eigenvalue weighted by molar-refractivity contribution is 6.30. The fraction of sp³-hybridized carbons (Fsp3) is 0.333. The van der Waals surface area contributed by atoms with Crippen molar-refractivity contribution in [3.63, 3.8) is 0 Å². The van der Waals surface area contributed by atoms with Crippen LogP contribution >= 0.6 is 11.6 Å². The van der Waals surface area contributed by atoms with Gasteiger partial charge in [0, 0.05) is 30.3 Å². The van der Waals surface area contributed by atoms with Gasteiger partial charge in [-0.15, -0.1) is 0 Å². The fourth-order valence-electron chi connectivity index (χ4n) is 3.06. The van der Waals surface area contributed by atoms with Gasteiger partial charge in [0.05, 0.1) is 0 Å². The molecule has 154 valence electrons. The average molecular weight is 420 g/mol. The molecule has 2 aromatic carbocycles. The average Bonchev–Trinajstić information content (AvgIpc) is 2.74. The summed E-state index contributed by atoms with van der Waals surface area (Å²) in [5, 5.41) is 6.25. The first-order valence-electron chi connectivity index (χ1n) is 9.46. The Morgan fingerprint density at radius 3 is 2.38 bits per heavy atom. The van der Waals surface area contributed by atoms with E-state index < -0.39 is 0 Å². The summed E-state index contributed by atoms with van der Waals surface area (Å²) >= 11 is 5.81. The molecule has 1 saturated heterocycles. The molecule has 0 radical (unpaired) electrons.